The van der Waals surface area contributed by atoms with Crippen LogP contribution in [-0.2, 0) is 4.79 Å². The van der Waals surface area contributed by atoms with Gasteiger partial charge in [0.25, 0.3) is 0 Å². The number of aliphatic carboxylic acids is 1. The first-order valence-electron chi connectivity index (χ1n) is 2.44. The van der Waals surface area contributed by atoms with E-state index in [1.807, 2.05) is 0 Å². The number of hydrogen-bond acceptors (Lipinski definition) is 2. The molecule has 0 amide bonds. The zero-order valence-corrected chi connectivity index (χ0v) is 8.32. The normalized spacial score (nSPS) is 11.4. The summed E-state index contributed by atoms with van der Waals surface area (Å²) in [5, 5.41) is 8.55. The van der Waals surface area contributed by atoms with E-state index in [1.165, 1.54) is 11.8 Å². The van der Waals surface area contributed by atoms with Gasteiger partial charge in [0.05, 0.1) is 0 Å². The van der Waals surface area contributed by atoms with E-state index in [9.17, 15) is 4.79 Å². The van der Waals surface area contributed by atoms with Crippen molar-refractivity contribution in [3.8, 4) is 0 Å². The molecule has 0 aromatic heterocycles. The number of thioether (sulfide) groups is 1. The van der Waals surface area contributed by atoms with Gasteiger partial charge in [0, 0.05) is 3.76 Å². The van der Waals surface area contributed by atoms with E-state index in [4.69, 9.17) is 5.11 Å². The third-order valence-electron chi connectivity index (χ3n) is 0.930. The van der Waals surface area contributed by atoms with Crippen LogP contribution in [-0.4, -0.2) is 19.6 Å². The molecule has 0 atom stereocenters. The molecular formula is C5H9IO2S. The van der Waals surface area contributed by atoms with E-state index in [1.54, 1.807) is 13.8 Å². The molecule has 0 aliphatic carbocycles. The van der Waals surface area contributed by atoms with Gasteiger partial charge in [0.2, 0.25) is 0 Å². The molecule has 0 aromatic rings. The number of carboxylic acids is 1. The van der Waals surface area contributed by atoms with Crippen molar-refractivity contribution < 1.29 is 9.90 Å². The van der Waals surface area contributed by atoms with Crippen LogP contribution in [0.2, 0.25) is 0 Å². The SMILES string of the molecule is CC(C)(SCI)C(=O)O. The van der Waals surface area contributed by atoms with Gasteiger partial charge in [0.1, 0.15) is 4.75 Å². The Balaban J connectivity index is 3.85. The second-order valence-electron chi connectivity index (χ2n) is 2.07. The highest BCUT2D eigenvalue weighted by molar-refractivity contribution is 14.1. The first kappa shape index (κ1) is 9.55. The van der Waals surface area contributed by atoms with Gasteiger partial charge < -0.3 is 5.11 Å². The predicted octanol–water partition coefficient (Wildman–Crippen LogP) is 1.98. The molecule has 0 aromatic carbocycles. The molecule has 0 aliphatic heterocycles. The number of carbonyl (C=O) groups is 1. The Morgan fingerprint density at radius 1 is 1.78 bits per heavy atom. The molecule has 0 heterocycles. The van der Waals surface area contributed by atoms with Crippen LogP contribution in [0, 0.1) is 0 Å². The van der Waals surface area contributed by atoms with Gasteiger partial charge in [-0.25, -0.2) is 0 Å². The third kappa shape index (κ3) is 3.30. The first-order chi connectivity index (χ1) is 4.00. The summed E-state index contributed by atoms with van der Waals surface area (Å²) in [6.45, 7) is 3.41. The van der Waals surface area contributed by atoms with Gasteiger partial charge in [-0.15, -0.1) is 11.8 Å². The van der Waals surface area contributed by atoms with E-state index in [-0.39, 0.29) is 0 Å². The Bertz CT molecular complexity index is 114. The zero-order chi connectivity index (χ0) is 7.49. The van der Waals surface area contributed by atoms with Crippen molar-refractivity contribution in [2.75, 3.05) is 3.76 Å². The molecular weight excluding hydrogens is 251 g/mol. The van der Waals surface area contributed by atoms with Gasteiger partial charge in [-0.05, 0) is 13.8 Å². The van der Waals surface area contributed by atoms with Crippen LogP contribution in [0.5, 0.6) is 0 Å². The minimum atomic E-state index is -0.746. The molecule has 0 saturated carbocycles. The number of halogens is 1. The van der Waals surface area contributed by atoms with Crippen LogP contribution in [0.25, 0.3) is 0 Å². The molecule has 0 spiro atoms. The van der Waals surface area contributed by atoms with Crippen molar-refractivity contribution in [1.82, 2.24) is 0 Å². The van der Waals surface area contributed by atoms with E-state index in [0.717, 1.165) is 3.76 Å². The minimum absolute atomic E-state index is 0.624. The molecule has 0 bridgehead atoms. The lowest BCUT2D eigenvalue weighted by Crippen LogP contribution is -2.26. The number of hydrogen-bond donors (Lipinski definition) is 1. The second-order valence-corrected chi connectivity index (χ2v) is 5.46. The Hall–Kier alpha value is 0.550. The summed E-state index contributed by atoms with van der Waals surface area (Å²) >= 11 is 3.57. The van der Waals surface area contributed by atoms with Gasteiger partial charge in [-0.2, -0.15) is 0 Å². The van der Waals surface area contributed by atoms with E-state index < -0.39 is 10.7 Å². The van der Waals surface area contributed by atoms with Crippen LogP contribution in [0.1, 0.15) is 13.8 Å². The van der Waals surface area contributed by atoms with Crippen LogP contribution >= 0.6 is 34.4 Å². The van der Waals surface area contributed by atoms with E-state index in [0.29, 0.717) is 0 Å². The topological polar surface area (TPSA) is 37.3 Å². The Morgan fingerprint density at radius 2 is 2.22 bits per heavy atom. The van der Waals surface area contributed by atoms with Crippen molar-refractivity contribution in [2.45, 2.75) is 18.6 Å². The Labute approximate surface area is 72.5 Å². The lowest BCUT2D eigenvalue weighted by atomic mass is 10.2. The predicted molar refractivity (Wildman–Crippen MR) is 48.2 cm³/mol. The second kappa shape index (κ2) is 3.65. The molecule has 2 nitrogen and oxygen atoms in total. The molecule has 9 heavy (non-hydrogen) atoms. The molecule has 0 radical (unpaired) electrons. The van der Waals surface area contributed by atoms with Gasteiger partial charge in [-0.3, -0.25) is 4.79 Å². The van der Waals surface area contributed by atoms with Crippen molar-refractivity contribution in [1.29, 1.82) is 0 Å². The minimum Gasteiger partial charge on any atom is -0.480 e. The fourth-order valence-electron chi connectivity index (χ4n) is 0.198. The van der Waals surface area contributed by atoms with Crippen molar-refractivity contribution in [3.63, 3.8) is 0 Å². The molecule has 0 aliphatic rings. The Morgan fingerprint density at radius 3 is 2.33 bits per heavy atom. The number of rotatable bonds is 3. The largest absolute Gasteiger partial charge is 0.480 e. The van der Waals surface area contributed by atoms with Gasteiger partial charge in [-0.1, -0.05) is 22.6 Å². The van der Waals surface area contributed by atoms with Gasteiger partial charge in [0.15, 0.2) is 0 Å². The highest BCUT2D eigenvalue weighted by Crippen LogP contribution is 2.25. The maximum Gasteiger partial charge on any atom is 0.319 e. The quantitative estimate of drug-likeness (QED) is 0.622. The lowest BCUT2D eigenvalue weighted by Gasteiger charge is -2.15. The third-order valence-corrected chi connectivity index (χ3v) is 2.87. The van der Waals surface area contributed by atoms with Gasteiger partial charge >= 0.3 is 5.97 Å². The zero-order valence-electron chi connectivity index (χ0n) is 5.35. The summed E-state index contributed by atoms with van der Waals surface area (Å²) < 4.78 is 0.193. The highest BCUT2D eigenvalue weighted by Gasteiger charge is 2.26. The average Bonchev–Trinajstić information content (AvgIpc) is 1.65. The summed E-state index contributed by atoms with van der Waals surface area (Å²) in [5.41, 5.74) is 0. The smallest absolute Gasteiger partial charge is 0.319 e. The van der Waals surface area contributed by atoms with Crippen LogP contribution in [0.3, 0.4) is 0 Å². The number of alkyl halides is 1. The number of carboxylic acid groups (broad SMARTS) is 1. The van der Waals surface area contributed by atoms with Crippen molar-refractivity contribution >= 4 is 40.3 Å². The molecule has 0 unspecified atom stereocenters. The maximum absolute atomic E-state index is 10.4. The summed E-state index contributed by atoms with van der Waals surface area (Å²) in [5.74, 6) is -0.746. The molecule has 54 valence electrons. The fraction of sp³-hybridized carbons (Fsp3) is 0.800. The molecule has 4 heteroatoms. The summed E-state index contributed by atoms with van der Waals surface area (Å²) in [7, 11) is 0. The highest BCUT2D eigenvalue weighted by atomic mass is 127. The van der Waals surface area contributed by atoms with E-state index >= 15 is 0 Å². The van der Waals surface area contributed by atoms with Crippen molar-refractivity contribution in [2.24, 2.45) is 0 Å². The molecule has 0 saturated heterocycles. The van der Waals surface area contributed by atoms with E-state index in [2.05, 4.69) is 22.6 Å². The molecule has 0 fully saturated rings. The molecule has 0 rings (SSSR count). The average molecular weight is 260 g/mol. The summed E-state index contributed by atoms with van der Waals surface area (Å²) in [6, 6.07) is 0. The lowest BCUT2D eigenvalue weighted by molar-refractivity contribution is -0.138. The van der Waals surface area contributed by atoms with Crippen molar-refractivity contribution in [3.05, 3.63) is 0 Å². The maximum atomic E-state index is 10.4. The standard InChI is InChI=1S/C5H9IO2S/c1-5(2,4(7)8)9-3-6/h3H2,1-2H3,(H,7,8). The Kier molecular flexibility index (Phi) is 3.88. The van der Waals surface area contributed by atoms with Crippen LogP contribution in [0.15, 0.2) is 0 Å². The van der Waals surface area contributed by atoms with Crippen LogP contribution < -0.4 is 0 Å². The van der Waals surface area contributed by atoms with Crippen LogP contribution in [0.4, 0.5) is 0 Å². The summed E-state index contributed by atoms with van der Waals surface area (Å²) in [4.78, 5) is 10.4. The molecule has 1 N–H and O–H groups in total. The first-order valence-corrected chi connectivity index (χ1v) is 4.95. The fourth-order valence-corrected chi connectivity index (χ4v) is 2.93. The summed E-state index contributed by atoms with van der Waals surface area (Å²) in [6.07, 6.45) is 0. The monoisotopic (exact) mass is 260 g/mol.